The first-order valence-corrected chi connectivity index (χ1v) is 6.70. The van der Waals surface area contributed by atoms with Gasteiger partial charge in [-0.1, -0.05) is 34.8 Å². The average molecular weight is 331 g/mol. The van der Waals surface area contributed by atoms with Crippen molar-refractivity contribution in [3.8, 4) is 0 Å². The summed E-state index contributed by atoms with van der Waals surface area (Å²) in [6, 6.07) is 4.65. The highest BCUT2D eigenvalue weighted by Gasteiger charge is 2.16. The molecule has 4 nitrogen and oxygen atoms in total. The van der Waals surface area contributed by atoms with Gasteiger partial charge in [0.2, 0.25) is 0 Å². The number of carbonyl (C=O) groups is 1. The van der Waals surface area contributed by atoms with Crippen molar-refractivity contribution in [2.24, 2.45) is 0 Å². The fraction of sp³-hybridized carbons (Fsp3) is 0.0769. The van der Waals surface area contributed by atoms with Crippen molar-refractivity contribution < 1.29 is 4.79 Å². The van der Waals surface area contributed by atoms with E-state index in [-0.39, 0.29) is 20.8 Å². The number of rotatable bonds is 2. The Balaban J connectivity index is 2.39. The van der Waals surface area contributed by atoms with E-state index in [1.165, 1.54) is 12.1 Å². The van der Waals surface area contributed by atoms with E-state index >= 15 is 0 Å². The molecule has 0 atom stereocenters. The number of anilines is 2. The molecular weight excluding hydrogens is 321 g/mol. The number of nitrogens with two attached hydrogens (primary N) is 1. The smallest absolute Gasteiger partial charge is 0.257 e. The van der Waals surface area contributed by atoms with Crippen LogP contribution < -0.4 is 11.1 Å². The third-order valence-corrected chi connectivity index (χ3v) is 3.74. The van der Waals surface area contributed by atoms with E-state index in [2.05, 4.69) is 10.3 Å². The molecule has 0 saturated carbocycles. The Morgan fingerprint density at radius 2 is 2.00 bits per heavy atom. The van der Waals surface area contributed by atoms with E-state index < -0.39 is 5.91 Å². The molecule has 1 amide bonds. The molecular formula is C13H10Cl3N3O. The predicted octanol–water partition coefficient (Wildman–Crippen LogP) is 4.18. The van der Waals surface area contributed by atoms with Crippen LogP contribution in [-0.4, -0.2) is 10.9 Å². The van der Waals surface area contributed by atoms with Crippen LogP contribution in [0.5, 0.6) is 0 Å². The summed E-state index contributed by atoms with van der Waals surface area (Å²) < 4.78 is 0. The number of pyridine rings is 1. The van der Waals surface area contributed by atoms with Crippen molar-refractivity contribution in [3.05, 3.63) is 50.7 Å². The molecule has 0 bridgehead atoms. The second-order valence-corrected chi connectivity index (χ2v) is 5.26. The van der Waals surface area contributed by atoms with Crippen molar-refractivity contribution in [2.45, 2.75) is 6.92 Å². The number of amides is 1. The lowest BCUT2D eigenvalue weighted by atomic mass is 10.1. The molecule has 0 spiro atoms. The standard InChI is InChI=1S/C13H10Cl3N3O/c1-6-2-3-18-12(16)11(6)19-13(20)8-4-7(17)5-9(14)10(8)15/h2-5H,17H2,1H3,(H,19,20). The number of hydrogen-bond acceptors (Lipinski definition) is 3. The predicted molar refractivity (Wildman–Crippen MR) is 82.8 cm³/mol. The Bertz CT molecular complexity index is 669. The Morgan fingerprint density at radius 3 is 2.65 bits per heavy atom. The molecule has 2 rings (SSSR count). The van der Waals surface area contributed by atoms with Crippen LogP contribution in [0.3, 0.4) is 0 Å². The monoisotopic (exact) mass is 329 g/mol. The van der Waals surface area contributed by atoms with Gasteiger partial charge in [-0.2, -0.15) is 0 Å². The fourth-order valence-electron chi connectivity index (χ4n) is 1.63. The maximum absolute atomic E-state index is 12.2. The summed E-state index contributed by atoms with van der Waals surface area (Å²) in [5, 5.41) is 3.21. The largest absolute Gasteiger partial charge is 0.399 e. The van der Waals surface area contributed by atoms with Crippen molar-refractivity contribution >= 4 is 52.1 Å². The summed E-state index contributed by atoms with van der Waals surface area (Å²) >= 11 is 17.9. The minimum absolute atomic E-state index is 0.135. The van der Waals surface area contributed by atoms with Gasteiger partial charge in [-0.15, -0.1) is 0 Å². The molecule has 0 aliphatic heterocycles. The highest BCUT2D eigenvalue weighted by Crippen LogP contribution is 2.30. The van der Waals surface area contributed by atoms with E-state index in [9.17, 15) is 4.79 Å². The molecule has 1 heterocycles. The highest BCUT2D eigenvalue weighted by molar-refractivity contribution is 6.44. The van der Waals surface area contributed by atoms with Crippen molar-refractivity contribution in [1.29, 1.82) is 0 Å². The van der Waals surface area contributed by atoms with Crippen LogP contribution in [0, 0.1) is 6.92 Å². The average Bonchev–Trinajstić information content (AvgIpc) is 2.38. The van der Waals surface area contributed by atoms with E-state index in [0.29, 0.717) is 11.4 Å². The van der Waals surface area contributed by atoms with Crippen LogP contribution in [-0.2, 0) is 0 Å². The minimum atomic E-state index is -0.456. The number of aromatic nitrogens is 1. The van der Waals surface area contributed by atoms with Crippen LogP contribution in [0.15, 0.2) is 24.4 Å². The Labute approximate surface area is 130 Å². The van der Waals surface area contributed by atoms with Crippen LogP contribution >= 0.6 is 34.8 Å². The summed E-state index contributed by atoms with van der Waals surface area (Å²) in [6.07, 6.45) is 1.55. The van der Waals surface area contributed by atoms with Gasteiger partial charge in [-0.25, -0.2) is 4.98 Å². The second-order valence-electron chi connectivity index (χ2n) is 4.11. The molecule has 0 saturated heterocycles. The number of halogens is 3. The van der Waals surface area contributed by atoms with Gasteiger partial charge in [0.05, 0.1) is 21.3 Å². The molecule has 20 heavy (non-hydrogen) atoms. The van der Waals surface area contributed by atoms with E-state index in [1.54, 1.807) is 19.2 Å². The minimum Gasteiger partial charge on any atom is -0.399 e. The molecule has 0 aliphatic carbocycles. The van der Waals surface area contributed by atoms with E-state index in [4.69, 9.17) is 40.5 Å². The fourth-order valence-corrected chi connectivity index (χ4v) is 2.31. The van der Waals surface area contributed by atoms with Gasteiger partial charge in [0.25, 0.3) is 5.91 Å². The van der Waals surface area contributed by atoms with Crippen molar-refractivity contribution in [3.63, 3.8) is 0 Å². The molecule has 7 heteroatoms. The van der Waals surface area contributed by atoms with Crippen LogP contribution in [0.25, 0.3) is 0 Å². The number of nitrogens with one attached hydrogen (secondary N) is 1. The number of hydrogen-bond donors (Lipinski definition) is 2. The maximum atomic E-state index is 12.2. The number of nitrogen functional groups attached to an aromatic ring is 1. The van der Waals surface area contributed by atoms with E-state index in [0.717, 1.165) is 5.56 Å². The third kappa shape index (κ3) is 2.98. The number of nitrogens with zero attached hydrogens (tertiary/aromatic N) is 1. The topological polar surface area (TPSA) is 68.0 Å². The van der Waals surface area contributed by atoms with Crippen molar-refractivity contribution in [2.75, 3.05) is 11.1 Å². The molecule has 0 aliphatic rings. The first-order chi connectivity index (χ1) is 9.40. The number of benzene rings is 1. The first-order valence-electron chi connectivity index (χ1n) is 5.57. The first kappa shape index (κ1) is 14.9. The number of aryl methyl sites for hydroxylation is 1. The lowest BCUT2D eigenvalue weighted by Crippen LogP contribution is -2.14. The summed E-state index contributed by atoms with van der Waals surface area (Å²) in [5.74, 6) is -0.456. The Hall–Kier alpha value is -1.49. The van der Waals surface area contributed by atoms with Gasteiger partial charge < -0.3 is 11.1 Å². The van der Waals surface area contributed by atoms with Gasteiger partial charge >= 0.3 is 0 Å². The van der Waals surface area contributed by atoms with Crippen molar-refractivity contribution in [1.82, 2.24) is 4.98 Å². The highest BCUT2D eigenvalue weighted by atomic mass is 35.5. The zero-order chi connectivity index (χ0) is 14.9. The molecule has 3 N–H and O–H groups in total. The SMILES string of the molecule is Cc1ccnc(Cl)c1NC(=O)c1cc(N)cc(Cl)c1Cl. The van der Waals surface area contributed by atoms with Gasteiger partial charge in [-0.3, -0.25) is 4.79 Å². The van der Waals surface area contributed by atoms with Gasteiger partial charge in [0.15, 0.2) is 5.15 Å². The normalized spacial score (nSPS) is 10.4. The molecule has 1 aromatic heterocycles. The second kappa shape index (κ2) is 5.87. The summed E-state index contributed by atoms with van der Waals surface area (Å²) in [6.45, 7) is 1.80. The lowest BCUT2D eigenvalue weighted by molar-refractivity contribution is 0.102. The quantitative estimate of drug-likeness (QED) is 0.641. The molecule has 0 radical (unpaired) electrons. The molecule has 104 valence electrons. The van der Waals surface area contributed by atoms with Crippen LogP contribution in [0.4, 0.5) is 11.4 Å². The Morgan fingerprint density at radius 1 is 1.30 bits per heavy atom. The van der Waals surface area contributed by atoms with E-state index in [1.807, 2.05) is 0 Å². The molecule has 0 unspecified atom stereocenters. The summed E-state index contributed by atoms with van der Waals surface area (Å²) in [4.78, 5) is 16.2. The summed E-state index contributed by atoms with van der Waals surface area (Å²) in [5.41, 5.74) is 7.39. The maximum Gasteiger partial charge on any atom is 0.257 e. The zero-order valence-electron chi connectivity index (χ0n) is 10.4. The van der Waals surface area contributed by atoms with Gasteiger partial charge in [0, 0.05) is 11.9 Å². The lowest BCUT2D eigenvalue weighted by Gasteiger charge is -2.11. The molecule has 1 aromatic carbocycles. The Kier molecular flexibility index (Phi) is 4.38. The number of carbonyl (C=O) groups excluding carboxylic acids is 1. The molecule has 2 aromatic rings. The third-order valence-electron chi connectivity index (χ3n) is 2.65. The molecule has 0 fully saturated rings. The summed E-state index contributed by atoms with van der Waals surface area (Å²) in [7, 11) is 0. The van der Waals surface area contributed by atoms with Gasteiger partial charge in [0.1, 0.15) is 0 Å². The van der Waals surface area contributed by atoms with Gasteiger partial charge in [-0.05, 0) is 30.7 Å². The zero-order valence-corrected chi connectivity index (χ0v) is 12.6. The van der Waals surface area contributed by atoms with Crippen LogP contribution in [0.1, 0.15) is 15.9 Å². The van der Waals surface area contributed by atoms with Crippen LogP contribution in [0.2, 0.25) is 15.2 Å².